The molecular weight excluding hydrogens is 288 g/mol. The van der Waals surface area contributed by atoms with Crippen LogP contribution in [-0.2, 0) is 23.1 Å². The van der Waals surface area contributed by atoms with Gasteiger partial charge in [0.25, 0.3) is 0 Å². The SMILES string of the molecule is O=S(=O)(NCc1cncs1)c1cnn(CCCO)c1. The third-order valence-electron chi connectivity index (χ3n) is 2.39. The molecule has 7 nitrogen and oxygen atoms in total. The van der Waals surface area contributed by atoms with E-state index < -0.39 is 10.0 Å². The Bertz CT molecular complexity index is 607. The van der Waals surface area contributed by atoms with Gasteiger partial charge in [0.2, 0.25) is 10.0 Å². The van der Waals surface area contributed by atoms with E-state index in [0.717, 1.165) is 4.88 Å². The van der Waals surface area contributed by atoms with Crippen LogP contribution in [0.25, 0.3) is 0 Å². The van der Waals surface area contributed by atoms with E-state index in [9.17, 15) is 8.42 Å². The highest BCUT2D eigenvalue weighted by molar-refractivity contribution is 7.89. The highest BCUT2D eigenvalue weighted by Gasteiger charge is 2.16. The Morgan fingerprint density at radius 1 is 1.42 bits per heavy atom. The number of aromatic nitrogens is 3. The molecule has 9 heteroatoms. The molecule has 0 aromatic carbocycles. The van der Waals surface area contributed by atoms with Crippen molar-refractivity contribution in [2.45, 2.75) is 24.4 Å². The van der Waals surface area contributed by atoms with Gasteiger partial charge in [-0.15, -0.1) is 11.3 Å². The lowest BCUT2D eigenvalue weighted by Crippen LogP contribution is -2.22. The van der Waals surface area contributed by atoms with Crippen LogP contribution in [0.5, 0.6) is 0 Å². The van der Waals surface area contributed by atoms with E-state index in [2.05, 4.69) is 14.8 Å². The Balaban J connectivity index is 2.00. The van der Waals surface area contributed by atoms with Gasteiger partial charge in [0.15, 0.2) is 0 Å². The molecule has 0 fully saturated rings. The summed E-state index contributed by atoms with van der Waals surface area (Å²) >= 11 is 1.39. The highest BCUT2D eigenvalue weighted by Crippen LogP contribution is 2.10. The van der Waals surface area contributed by atoms with Crippen molar-refractivity contribution in [1.29, 1.82) is 0 Å². The summed E-state index contributed by atoms with van der Waals surface area (Å²) in [5.41, 5.74) is 1.65. The Labute approximate surface area is 115 Å². The van der Waals surface area contributed by atoms with Crippen LogP contribution < -0.4 is 4.72 Å². The molecular formula is C10H14N4O3S2. The Kier molecular flexibility index (Phi) is 4.64. The molecule has 0 spiro atoms. The molecule has 104 valence electrons. The molecule has 0 saturated carbocycles. The van der Waals surface area contributed by atoms with Crippen molar-refractivity contribution in [2.75, 3.05) is 6.61 Å². The minimum atomic E-state index is -3.56. The summed E-state index contributed by atoms with van der Waals surface area (Å²) in [7, 11) is -3.56. The maximum Gasteiger partial charge on any atom is 0.244 e. The predicted octanol–water partition coefficient (Wildman–Crippen LogP) is 0.200. The number of thiazole rings is 1. The number of sulfonamides is 1. The number of aliphatic hydroxyl groups is 1. The maximum atomic E-state index is 12.0. The lowest BCUT2D eigenvalue weighted by Gasteiger charge is -2.02. The van der Waals surface area contributed by atoms with Gasteiger partial charge in [-0.1, -0.05) is 0 Å². The van der Waals surface area contributed by atoms with Crippen molar-refractivity contribution >= 4 is 21.4 Å². The Morgan fingerprint density at radius 3 is 2.95 bits per heavy atom. The molecule has 0 radical (unpaired) electrons. The number of hydrogen-bond acceptors (Lipinski definition) is 6. The largest absolute Gasteiger partial charge is 0.396 e. The molecule has 2 heterocycles. The summed E-state index contributed by atoms with van der Waals surface area (Å²) in [5, 5.41) is 12.6. The second-order valence-electron chi connectivity index (χ2n) is 3.81. The fraction of sp³-hybridized carbons (Fsp3) is 0.400. The standard InChI is InChI=1S/C10H14N4O3S2/c15-3-1-2-14-7-10(6-12-14)19(16,17)13-5-9-4-11-8-18-9/h4,6-8,13,15H,1-3,5H2. The molecule has 0 aliphatic rings. The number of hydrogen-bond donors (Lipinski definition) is 2. The van der Waals surface area contributed by atoms with Crippen molar-refractivity contribution in [3.8, 4) is 0 Å². The van der Waals surface area contributed by atoms with Crippen LogP contribution in [0.4, 0.5) is 0 Å². The molecule has 0 saturated heterocycles. The van der Waals surface area contributed by atoms with Crippen molar-refractivity contribution < 1.29 is 13.5 Å². The third kappa shape index (κ3) is 3.83. The minimum Gasteiger partial charge on any atom is -0.396 e. The first-order chi connectivity index (χ1) is 9.12. The average Bonchev–Trinajstić information content (AvgIpc) is 3.05. The Morgan fingerprint density at radius 2 is 2.26 bits per heavy atom. The molecule has 2 N–H and O–H groups in total. The smallest absolute Gasteiger partial charge is 0.244 e. The first-order valence-electron chi connectivity index (χ1n) is 5.62. The van der Waals surface area contributed by atoms with E-state index in [1.165, 1.54) is 28.4 Å². The molecule has 0 aliphatic heterocycles. The predicted molar refractivity (Wildman–Crippen MR) is 70.1 cm³/mol. The summed E-state index contributed by atoms with van der Waals surface area (Å²) in [6.07, 6.45) is 4.91. The molecule has 0 aliphatic carbocycles. The van der Waals surface area contributed by atoms with Gasteiger partial charge in [0.1, 0.15) is 4.90 Å². The molecule has 2 rings (SSSR count). The lowest BCUT2D eigenvalue weighted by atomic mass is 10.5. The van der Waals surface area contributed by atoms with E-state index in [1.54, 1.807) is 11.7 Å². The number of nitrogens with one attached hydrogen (secondary N) is 1. The van der Waals surface area contributed by atoms with Gasteiger partial charge in [-0.25, -0.2) is 13.1 Å². The van der Waals surface area contributed by atoms with Crippen LogP contribution in [0.1, 0.15) is 11.3 Å². The third-order valence-corrected chi connectivity index (χ3v) is 4.52. The number of rotatable bonds is 7. The summed E-state index contributed by atoms with van der Waals surface area (Å²) in [5.74, 6) is 0. The fourth-order valence-electron chi connectivity index (χ4n) is 1.42. The van der Waals surface area contributed by atoms with E-state index in [-0.39, 0.29) is 18.0 Å². The van der Waals surface area contributed by atoms with E-state index in [1.807, 2.05) is 0 Å². The number of nitrogens with zero attached hydrogens (tertiary/aromatic N) is 3. The molecule has 2 aromatic heterocycles. The normalized spacial score (nSPS) is 11.8. The lowest BCUT2D eigenvalue weighted by molar-refractivity contribution is 0.277. The monoisotopic (exact) mass is 302 g/mol. The summed E-state index contributed by atoms with van der Waals surface area (Å²) in [6.45, 7) is 0.751. The summed E-state index contributed by atoms with van der Waals surface area (Å²) in [6, 6.07) is 0. The quantitative estimate of drug-likeness (QED) is 0.761. The first kappa shape index (κ1) is 14.1. The van der Waals surface area contributed by atoms with Crippen molar-refractivity contribution in [3.05, 3.63) is 29.0 Å². The highest BCUT2D eigenvalue weighted by atomic mass is 32.2. The van der Waals surface area contributed by atoms with Gasteiger partial charge in [-0.05, 0) is 6.42 Å². The molecule has 0 unspecified atom stereocenters. The second-order valence-corrected chi connectivity index (χ2v) is 6.55. The van der Waals surface area contributed by atoms with Crippen LogP contribution in [0.3, 0.4) is 0 Å². The van der Waals surface area contributed by atoms with E-state index >= 15 is 0 Å². The maximum absolute atomic E-state index is 12.0. The van der Waals surface area contributed by atoms with Crippen LogP contribution in [0.15, 0.2) is 29.0 Å². The number of aryl methyl sites for hydroxylation is 1. The topological polar surface area (TPSA) is 97.1 Å². The molecule has 0 bridgehead atoms. The van der Waals surface area contributed by atoms with Crippen molar-refractivity contribution in [1.82, 2.24) is 19.5 Å². The van der Waals surface area contributed by atoms with Crippen molar-refractivity contribution in [2.24, 2.45) is 0 Å². The van der Waals surface area contributed by atoms with E-state index in [0.29, 0.717) is 13.0 Å². The van der Waals surface area contributed by atoms with Gasteiger partial charge < -0.3 is 5.11 Å². The minimum absolute atomic E-state index is 0.0472. The van der Waals surface area contributed by atoms with Gasteiger partial charge in [-0.2, -0.15) is 5.10 Å². The van der Waals surface area contributed by atoms with Crippen LogP contribution in [-0.4, -0.2) is 34.9 Å². The van der Waals surface area contributed by atoms with Gasteiger partial charge in [0.05, 0.1) is 11.7 Å². The molecule has 2 aromatic rings. The summed E-state index contributed by atoms with van der Waals surface area (Å²) < 4.78 is 28.0. The zero-order chi connectivity index (χ0) is 13.7. The average molecular weight is 302 g/mol. The number of aliphatic hydroxyl groups excluding tert-OH is 1. The van der Waals surface area contributed by atoms with Crippen molar-refractivity contribution in [3.63, 3.8) is 0 Å². The van der Waals surface area contributed by atoms with Crippen LogP contribution in [0, 0.1) is 0 Å². The van der Waals surface area contributed by atoms with E-state index in [4.69, 9.17) is 5.11 Å². The first-order valence-corrected chi connectivity index (χ1v) is 7.98. The van der Waals surface area contributed by atoms with Gasteiger partial charge in [-0.3, -0.25) is 9.67 Å². The van der Waals surface area contributed by atoms with Gasteiger partial charge in [0, 0.05) is 37.0 Å². The van der Waals surface area contributed by atoms with Crippen LogP contribution in [0.2, 0.25) is 0 Å². The van der Waals surface area contributed by atoms with Crippen LogP contribution >= 0.6 is 11.3 Å². The zero-order valence-corrected chi connectivity index (χ0v) is 11.7. The molecule has 0 atom stereocenters. The van der Waals surface area contributed by atoms with Gasteiger partial charge >= 0.3 is 0 Å². The summed E-state index contributed by atoms with van der Waals surface area (Å²) in [4.78, 5) is 4.84. The zero-order valence-electron chi connectivity index (χ0n) is 10.1. The second kappa shape index (κ2) is 6.24. The Hall–Kier alpha value is -1.29. The fourth-order valence-corrected chi connectivity index (χ4v) is 3.00. The molecule has 19 heavy (non-hydrogen) atoms. The molecule has 0 amide bonds.